The van der Waals surface area contributed by atoms with Crippen molar-refractivity contribution in [3.8, 4) is 0 Å². The van der Waals surface area contributed by atoms with Crippen LogP contribution >= 0.6 is 0 Å². The second-order valence-corrected chi connectivity index (χ2v) is 3.72. The summed E-state index contributed by atoms with van der Waals surface area (Å²) < 4.78 is 26.3. The van der Waals surface area contributed by atoms with Gasteiger partial charge < -0.3 is 0 Å². The summed E-state index contributed by atoms with van der Waals surface area (Å²) in [7, 11) is -2.04. The maximum Gasteiger partial charge on any atom is 0.298 e. The Bertz CT molecular complexity index is 334. The van der Waals surface area contributed by atoms with Gasteiger partial charge in [0.05, 0.1) is 0 Å². The van der Waals surface area contributed by atoms with Crippen LogP contribution in [0.5, 0.6) is 0 Å². The van der Waals surface area contributed by atoms with Gasteiger partial charge in [-0.05, 0) is 18.2 Å². The van der Waals surface area contributed by atoms with Crippen molar-refractivity contribution in [3.05, 3.63) is 30.3 Å². The van der Waals surface area contributed by atoms with E-state index < -0.39 is 10.2 Å². The average Bonchev–Trinajstić information content (AvgIpc) is 2.06. The van der Waals surface area contributed by atoms with Crippen LogP contribution in [0, 0.1) is 6.07 Å². The van der Waals surface area contributed by atoms with Crippen molar-refractivity contribution in [3.63, 3.8) is 0 Å². The Morgan fingerprint density at radius 1 is 1.33 bits per heavy atom. The van der Waals surface area contributed by atoms with Crippen LogP contribution in [0.3, 0.4) is 0 Å². The van der Waals surface area contributed by atoms with Gasteiger partial charge in [-0.1, -0.05) is 12.1 Å². The molecule has 65 valence electrons. The topological polar surface area (TPSA) is 58.2 Å². The molecular weight excluding hydrogens is 176 g/mol. The van der Waals surface area contributed by atoms with Gasteiger partial charge in [-0.25, -0.2) is 4.72 Å². The smallest absolute Gasteiger partial charge is 0.271 e. The van der Waals surface area contributed by atoms with Gasteiger partial charge in [0.2, 0.25) is 0 Å². The van der Waals surface area contributed by atoms with E-state index in [1.54, 1.807) is 24.3 Å². The number of nitrogens with one attached hydrogen (secondary N) is 2. The Morgan fingerprint density at radius 2 is 1.92 bits per heavy atom. The highest BCUT2D eigenvalue weighted by Crippen LogP contribution is 2.05. The highest BCUT2D eigenvalue weighted by atomic mass is 32.2. The molecule has 0 fully saturated rings. The van der Waals surface area contributed by atoms with Crippen LogP contribution in [0.4, 0.5) is 5.69 Å². The van der Waals surface area contributed by atoms with Gasteiger partial charge in [-0.3, -0.25) is 4.72 Å². The molecule has 0 aliphatic rings. The molecule has 0 atom stereocenters. The van der Waals surface area contributed by atoms with Crippen molar-refractivity contribution in [1.29, 1.82) is 0 Å². The zero-order chi connectivity index (χ0) is 9.03. The van der Waals surface area contributed by atoms with Crippen LogP contribution in [0.25, 0.3) is 0 Å². The van der Waals surface area contributed by atoms with Crippen molar-refractivity contribution in [1.82, 2.24) is 4.72 Å². The zero-order valence-corrected chi connectivity index (χ0v) is 7.35. The summed E-state index contributed by atoms with van der Waals surface area (Å²) in [5, 5.41) is 0. The van der Waals surface area contributed by atoms with Crippen LogP contribution in [0.1, 0.15) is 0 Å². The molecule has 0 unspecified atom stereocenters. The van der Waals surface area contributed by atoms with E-state index in [1.165, 1.54) is 7.05 Å². The maximum absolute atomic E-state index is 10.9. The van der Waals surface area contributed by atoms with Crippen LogP contribution in [0.15, 0.2) is 24.3 Å². The molecule has 4 nitrogen and oxygen atoms in total. The summed E-state index contributed by atoms with van der Waals surface area (Å²) in [6, 6.07) is 9.29. The first-order valence-corrected chi connectivity index (χ1v) is 4.80. The predicted molar refractivity (Wildman–Crippen MR) is 46.9 cm³/mol. The van der Waals surface area contributed by atoms with Gasteiger partial charge in [0.15, 0.2) is 0 Å². The van der Waals surface area contributed by atoms with E-state index in [0.29, 0.717) is 5.69 Å². The highest BCUT2D eigenvalue weighted by molar-refractivity contribution is 7.90. The lowest BCUT2D eigenvalue weighted by molar-refractivity contribution is 0.593. The molecule has 0 aliphatic carbocycles. The van der Waals surface area contributed by atoms with E-state index in [2.05, 4.69) is 15.5 Å². The van der Waals surface area contributed by atoms with Crippen molar-refractivity contribution in [2.75, 3.05) is 11.8 Å². The third-order valence-electron chi connectivity index (χ3n) is 1.24. The second-order valence-electron chi connectivity index (χ2n) is 2.10. The van der Waals surface area contributed by atoms with Crippen LogP contribution in [-0.2, 0) is 10.2 Å². The lowest BCUT2D eigenvalue weighted by atomic mass is 10.3. The molecule has 0 saturated heterocycles. The molecule has 2 N–H and O–H groups in total. The van der Waals surface area contributed by atoms with Crippen molar-refractivity contribution >= 4 is 15.9 Å². The van der Waals surface area contributed by atoms with E-state index in [-0.39, 0.29) is 0 Å². The molecule has 1 aromatic carbocycles. The van der Waals surface area contributed by atoms with Crippen molar-refractivity contribution < 1.29 is 8.42 Å². The van der Waals surface area contributed by atoms with E-state index in [9.17, 15) is 8.42 Å². The molecule has 1 radical (unpaired) electrons. The fourth-order valence-electron chi connectivity index (χ4n) is 0.661. The SMILES string of the molecule is CNS(=O)(=O)Nc1cc[c]cc1. The fraction of sp³-hybridized carbons (Fsp3) is 0.143. The van der Waals surface area contributed by atoms with E-state index in [0.717, 1.165) is 0 Å². The first-order valence-electron chi connectivity index (χ1n) is 3.31. The largest absolute Gasteiger partial charge is 0.298 e. The molecule has 12 heavy (non-hydrogen) atoms. The monoisotopic (exact) mass is 185 g/mol. The molecule has 1 aromatic rings. The molecule has 0 heterocycles. The Hall–Kier alpha value is -1.07. The Morgan fingerprint density at radius 3 is 2.42 bits per heavy atom. The minimum Gasteiger partial charge on any atom is -0.271 e. The minimum absolute atomic E-state index is 0.517. The van der Waals surface area contributed by atoms with E-state index in [4.69, 9.17) is 0 Å². The summed E-state index contributed by atoms with van der Waals surface area (Å²) in [6.45, 7) is 0. The zero-order valence-electron chi connectivity index (χ0n) is 6.53. The van der Waals surface area contributed by atoms with Crippen LogP contribution < -0.4 is 9.44 Å². The van der Waals surface area contributed by atoms with Gasteiger partial charge in [-0.15, -0.1) is 0 Å². The quantitative estimate of drug-likeness (QED) is 0.714. The molecule has 0 spiro atoms. The van der Waals surface area contributed by atoms with E-state index in [1.807, 2.05) is 0 Å². The summed E-state index contributed by atoms with van der Waals surface area (Å²) in [6.07, 6.45) is 0. The maximum atomic E-state index is 10.9. The summed E-state index contributed by atoms with van der Waals surface area (Å²) in [4.78, 5) is 0. The van der Waals surface area contributed by atoms with Crippen molar-refractivity contribution in [2.24, 2.45) is 0 Å². The van der Waals surface area contributed by atoms with Gasteiger partial charge >= 0.3 is 0 Å². The summed E-state index contributed by atoms with van der Waals surface area (Å²) in [5.41, 5.74) is 0.517. The lowest BCUT2D eigenvalue weighted by Gasteiger charge is -2.04. The van der Waals surface area contributed by atoms with Crippen molar-refractivity contribution in [2.45, 2.75) is 0 Å². The molecule has 0 saturated carbocycles. The van der Waals surface area contributed by atoms with Crippen LogP contribution in [-0.4, -0.2) is 15.5 Å². The Kier molecular flexibility index (Phi) is 2.67. The number of hydrogen-bond acceptors (Lipinski definition) is 2. The first-order chi connectivity index (χ1) is 5.64. The second kappa shape index (κ2) is 3.55. The molecule has 1 rings (SSSR count). The van der Waals surface area contributed by atoms with Gasteiger partial charge in [0, 0.05) is 12.7 Å². The standard InChI is InChI=1S/C7H9N2O2S/c1-8-12(10,11)9-7-5-3-2-4-6-7/h3-6,8-9H,1H3. The van der Waals surface area contributed by atoms with Gasteiger partial charge in [0.25, 0.3) is 10.2 Å². The summed E-state index contributed by atoms with van der Waals surface area (Å²) >= 11 is 0. The van der Waals surface area contributed by atoms with E-state index >= 15 is 0 Å². The molecule has 0 bridgehead atoms. The fourth-order valence-corrected chi connectivity index (χ4v) is 1.21. The lowest BCUT2D eigenvalue weighted by Crippen LogP contribution is -2.26. The van der Waals surface area contributed by atoms with Crippen LogP contribution in [0.2, 0.25) is 0 Å². The first kappa shape index (κ1) is 9.02. The van der Waals surface area contributed by atoms with Gasteiger partial charge in [-0.2, -0.15) is 8.42 Å². The van der Waals surface area contributed by atoms with Gasteiger partial charge in [0.1, 0.15) is 0 Å². The predicted octanol–water partition coefficient (Wildman–Crippen LogP) is 0.363. The molecule has 5 heteroatoms. The molecular formula is C7H9N2O2S. The molecule has 0 aliphatic heterocycles. The number of hydrogen-bond donors (Lipinski definition) is 2. The number of rotatable bonds is 3. The molecule has 0 amide bonds. The Balaban J connectivity index is 2.78. The summed E-state index contributed by atoms with van der Waals surface area (Å²) in [5.74, 6) is 0. The number of anilines is 1. The third kappa shape index (κ3) is 2.52. The highest BCUT2D eigenvalue weighted by Gasteiger charge is 2.03. The third-order valence-corrected chi connectivity index (χ3v) is 2.28. The minimum atomic E-state index is -3.39. The molecule has 0 aromatic heterocycles. The normalized spacial score (nSPS) is 11.1. The average molecular weight is 185 g/mol. The Labute approximate surface area is 71.8 Å². The number of benzene rings is 1.